The van der Waals surface area contributed by atoms with Crippen molar-refractivity contribution in [2.75, 3.05) is 19.6 Å². The van der Waals surface area contributed by atoms with Crippen LogP contribution in [0.3, 0.4) is 0 Å². The van der Waals surface area contributed by atoms with Gasteiger partial charge in [0.05, 0.1) is 6.20 Å². The molecule has 7 nitrogen and oxygen atoms in total. The molecule has 0 spiro atoms. The summed E-state index contributed by atoms with van der Waals surface area (Å²) >= 11 is 0. The second kappa shape index (κ2) is 9.95. The van der Waals surface area contributed by atoms with E-state index in [9.17, 15) is 4.79 Å². The van der Waals surface area contributed by atoms with Crippen LogP contribution in [-0.4, -0.2) is 36.5 Å². The third-order valence-electron chi connectivity index (χ3n) is 3.23. The van der Waals surface area contributed by atoms with Crippen molar-refractivity contribution < 1.29 is 9.21 Å². The fourth-order valence-electron chi connectivity index (χ4n) is 1.87. The Morgan fingerprint density at radius 2 is 1.96 bits per heavy atom. The van der Waals surface area contributed by atoms with Gasteiger partial charge < -0.3 is 20.4 Å². The first-order valence-corrected chi connectivity index (χ1v) is 8.60. The molecule has 0 bridgehead atoms. The molecule has 0 aliphatic heterocycles. The summed E-state index contributed by atoms with van der Waals surface area (Å²) in [6.45, 7) is 12.6. The van der Waals surface area contributed by atoms with Gasteiger partial charge in [0.1, 0.15) is 12.3 Å². The Balaban J connectivity index is 2.50. The third-order valence-corrected chi connectivity index (χ3v) is 3.23. The summed E-state index contributed by atoms with van der Waals surface area (Å²) in [6, 6.07) is 0. The predicted octanol–water partition coefficient (Wildman–Crippen LogP) is 1.94. The molecular weight excluding hydrogens is 306 g/mol. The number of aliphatic imine (C=N–C) groups is 1. The molecule has 0 aliphatic rings. The van der Waals surface area contributed by atoms with Crippen LogP contribution in [-0.2, 0) is 16.8 Å². The number of guanidine groups is 1. The molecule has 1 aromatic heterocycles. The molecule has 7 heteroatoms. The Bertz CT molecular complexity index is 531. The number of hydrogen-bond donors (Lipinski definition) is 3. The molecule has 1 heterocycles. The van der Waals surface area contributed by atoms with E-state index in [1.807, 2.05) is 13.8 Å². The topological polar surface area (TPSA) is 91.5 Å². The van der Waals surface area contributed by atoms with Crippen molar-refractivity contribution >= 4 is 11.9 Å². The molecule has 1 aromatic rings. The Morgan fingerprint density at radius 1 is 1.21 bits per heavy atom. The van der Waals surface area contributed by atoms with Crippen LogP contribution in [0.4, 0.5) is 0 Å². The lowest BCUT2D eigenvalue weighted by Crippen LogP contribution is -2.39. The van der Waals surface area contributed by atoms with Gasteiger partial charge in [0.2, 0.25) is 11.8 Å². The molecule has 0 saturated heterocycles. The SMILES string of the molecule is CCCNC(=O)CCNC(=NCc1ncc(C(C)(C)C)o1)NCC. The van der Waals surface area contributed by atoms with E-state index in [2.05, 4.69) is 46.7 Å². The van der Waals surface area contributed by atoms with Crippen LogP contribution in [0.2, 0.25) is 0 Å². The van der Waals surface area contributed by atoms with Gasteiger partial charge in [-0.3, -0.25) is 4.79 Å². The second-order valence-electron chi connectivity index (χ2n) is 6.59. The smallest absolute Gasteiger partial charge is 0.221 e. The lowest BCUT2D eigenvalue weighted by atomic mass is 9.94. The summed E-state index contributed by atoms with van der Waals surface area (Å²) < 4.78 is 5.73. The highest BCUT2D eigenvalue weighted by atomic mass is 16.4. The maximum atomic E-state index is 11.6. The quantitative estimate of drug-likeness (QED) is 0.498. The van der Waals surface area contributed by atoms with Crippen molar-refractivity contribution in [2.24, 2.45) is 4.99 Å². The maximum absolute atomic E-state index is 11.6. The minimum absolute atomic E-state index is 0.0442. The number of carbonyl (C=O) groups excluding carboxylic acids is 1. The summed E-state index contributed by atoms with van der Waals surface area (Å²) in [5.74, 6) is 2.12. The Hall–Kier alpha value is -2.05. The summed E-state index contributed by atoms with van der Waals surface area (Å²) in [7, 11) is 0. The van der Waals surface area contributed by atoms with E-state index < -0.39 is 0 Å². The van der Waals surface area contributed by atoms with Gasteiger partial charge >= 0.3 is 0 Å². The molecule has 0 radical (unpaired) electrons. The Labute approximate surface area is 144 Å². The van der Waals surface area contributed by atoms with Crippen LogP contribution < -0.4 is 16.0 Å². The molecule has 0 atom stereocenters. The van der Waals surface area contributed by atoms with Crippen molar-refractivity contribution in [3.63, 3.8) is 0 Å². The number of amides is 1. The van der Waals surface area contributed by atoms with Crippen LogP contribution in [0.25, 0.3) is 0 Å². The van der Waals surface area contributed by atoms with Crippen molar-refractivity contribution in [3.8, 4) is 0 Å². The van der Waals surface area contributed by atoms with E-state index in [4.69, 9.17) is 4.42 Å². The first kappa shape index (κ1) is 20.0. The van der Waals surface area contributed by atoms with Gasteiger partial charge in [0.15, 0.2) is 5.96 Å². The highest BCUT2D eigenvalue weighted by molar-refractivity contribution is 5.81. The molecule has 24 heavy (non-hydrogen) atoms. The number of hydrogen-bond acceptors (Lipinski definition) is 4. The molecule has 0 aromatic carbocycles. The van der Waals surface area contributed by atoms with Crippen molar-refractivity contribution in [3.05, 3.63) is 17.8 Å². The average molecular weight is 337 g/mol. The zero-order chi connectivity index (χ0) is 18.0. The van der Waals surface area contributed by atoms with Crippen LogP contribution >= 0.6 is 0 Å². The van der Waals surface area contributed by atoms with Crippen molar-refractivity contribution in [1.29, 1.82) is 0 Å². The summed E-state index contributed by atoms with van der Waals surface area (Å²) in [6.07, 6.45) is 3.11. The first-order valence-electron chi connectivity index (χ1n) is 8.60. The van der Waals surface area contributed by atoms with Crippen LogP contribution in [0, 0.1) is 0 Å². The normalized spacial score (nSPS) is 12.1. The van der Waals surface area contributed by atoms with Gasteiger partial charge in [0, 0.05) is 31.5 Å². The first-order chi connectivity index (χ1) is 11.4. The minimum atomic E-state index is -0.0659. The van der Waals surface area contributed by atoms with Crippen LogP contribution in [0.1, 0.15) is 59.1 Å². The number of oxazole rings is 1. The predicted molar refractivity (Wildman–Crippen MR) is 95.9 cm³/mol. The highest BCUT2D eigenvalue weighted by Gasteiger charge is 2.18. The summed E-state index contributed by atoms with van der Waals surface area (Å²) in [5, 5.41) is 9.14. The number of nitrogens with zero attached hydrogens (tertiary/aromatic N) is 2. The summed E-state index contributed by atoms with van der Waals surface area (Å²) in [5.41, 5.74) is -0.0659. The fourth-order valence-corrected chi connectivity index (χ4v) is 1.87. The van der Waals surface area contributed by atoms with Gasteiger partial charge in [-0.15, -0.1) is 0 Å². The van der Waals surface area contributed by atoms with E-state index in [1.54, 1.807) is 6.20 Å². The van der Waals surface area contributed by atoms with E-state index in [1.165, 1.54) is 0 Å². The average Bonchev–Trinajstić information content (AvgIpc) is 2.99. The maximum Gasteiger partial charge on any atom is 0.221 e. The number of rotatable bonds is 8. The monoisotopic (exact) mass is 337 g/mol. The van der Waals surface area contributed by atoms with Gasteiger partial charge in [-0.05, 0) is 13.3 Å². The molecule has 1 rings (SSSR count). The van der Waals surface area contributed by atoms with E-state index in [0.29, 0.717) is 37.9 Å². The zero-order valence-electron chi connectivity index (χ0n) is 15.5. The standard InChI is InChI=1S/C17H31N5O2/c1-6-9-19-14(23)8-10-20-16(18-7-2)22-12-15-21-11-13(24-15)17(3,4)5/h11H,6-10,12H2,1-5H3,(H,19,23)(H2,18,20,22). The number of aromatic nitrogens is 1. The molecule has 0 fully saturated rings. The Kier molecular flexibility index (Phi) is 8.29. The van der Waals surface area contributed by atoms with Gasteiger partial charge in [-0.2, -0.15) is 0 Å². The second-order valence-corrected chi connectivity index (χ2v) is 6.59. The van der Waals surface area contributed by atoms with Crippen molar-refractivity contribution in [2.45, 2.75) is 59.4 Å². The lowest BCUT2D eigenvalue weighted by Gasteiger charge is -2.13. The summed E-state index contributed by atoms with van der Waals surface area (Å²) in [4.78, 5) is 20.3. The van der Waals surface area contributed by atoms with E-state index in [-0.39, 0.29) is 11.3 Å². The largest absolute Gasteiger partial charge is 0.443 e. The zero-order valence-corrected chi connectivity index (χ0v) is 15.5. The van der Waals surface area contributed by atoms with E-state index >= 15 is 0 Å². The van der Waals surface area contributed by atoms with Crippen LogP contribution in [0.5, 0.6) is 0 Å². The molecule has 3 N–H and O–H groups in total. The van der Waals surface area contributed by atoms with Gasteiger partial charge in [-0.1, -0.05) is 27.7 Å². The van der Waals surface area contributed by atoms with E-state index in [0.717, 1.165) is 18.7 Å². The van der Waals surface area contributed by atoms with Crippen molar-refractivity contribution in [1.82, 2.24) is 20.9 Å². The third kappa shape index (κ3) is 7.48. The molecule has 0 unspecified atom stereocenters. The van der Waals surface area contributed by atoms with Gasteiger partial charge in [0.25, 0.3) is 0 Å². The lowest BCUT2D eigenvalue weighted by molar-refractivity contribution is -0.120. The highest BCUT2D eigenvalue weighted by Crippen LogP contribution is 2.22. The molecule has 136 valence electrons. The van der Waals surface area contributed by atoms with Gasteiger partial charge in [-0.25, -0.2) is 9.98 Å². The fraction of sp³-hybridized carbons (Fsp3) is 0.706. The Morgan fingerprint density at radius 3 is 2.54 bits per heavy atom. The molecule has 0 saturated carbocycles. The molecular formula is C17H31N5O2. The number of nitrogens with one attached hydrogen (secondary N) is 3. The molecule has 1 amide bonds. The molecule has 0 aliphatic carbocycles. The van der Waals surface area contributed by atoms with Crippen LogP contribution in [0.15, 0.2) is 15.6 Å². The minimum Gasteiger partial charge on any atom is -0.443 e. The number of carbonyl (C=O) groups is 1.